The minimum absolute atomic E-state index is 0.0159. The van der Waals surface area contributed by atoms with Crippen molar-refractivity contribution in [2.75, 3.05) is 0 Å². The van der Waals surface area contributed by atoms with Crippen LogP contribution in [0.25, 0.3) is 0 Å². The van der Waals surface area contributed by atoms with Crippen LogP contribution in [0.5, 0.6) is 0 Å². The van der Waals surface area contributed by atoms with E-state index in [1.807, 2.05) is 42.6 Å². The lowest BCUT2D eigenvalue weighted by Crippen LogP contribution is -2.37. The van der Waals surface area contributed by atoms with E-state index in [0.29, 0.717) is 19.3 Å². The number of carbonyl (C=O) groups is 2. The molecule has 0 spiro atoms. The normalized spacial score (nSPS) is 12.5. The van der Waals surface area contributed by atoms with Crippen LogP contribution in [0.4, 0.5) is 0 Å². The molecule has 0 bridgehead atoms. The van der Waals surface area contributed by atoms with E-state index in [9.17, 15) is 9.59 Å². The lowest BCUT2D eigenvalue weighted by atomic mass is 9.89. The summed E-state index contributed by atoms with van der Waals surface area (Å²) >= 11 is 3.05. The molecule has 1 amide bonds. The molecule has 2 aromatic heterocycles. The molecule has 4 aromatic rings. The third kappa shape index (κ3) is 9.84. The predicted octanol–water partition coefficient (Wildman–Crippen LogP) is 6.03. The second kappa shape index (κ2) is 15.1. The summed E-state index contributed by atoms with van der Waals surface area (Å²) in [6.45, 7) is 0.258. The fourth-order valence-corrected chi connectivity index (χ4v) is 5.55. The Hall–Kier alpha value is -3.36. The molecule has 0 aliphatic carbocycles. The number of aromatic nitrogens is 2. The minimum Gasteiger partial charge on any atom is -0.460 e. The molecule has 0 saturated heterocycles. The number of rotatable bonds is 15. The first-order chi connectivity index (χ1) is 18.6. The first-order valence-electron chi connectivity index (χ1n) is 12.9. The van der Waals surface area contributed by atoms with Gasteiger partial charge in [0.15, 0.2) is 0 Å². The van der Waals surface area contributed by atoms with Crippen molar-refractivity contribution in [2.24, 2.45) is 5.92 Å². The average Bonchev–Trinajstić information content (AvgIpc) is 3.65. The number of benzene rings is 2. The highest BCUT2D eigenvalue weighted by atomic mass is 32.1. The van der Waals surface area contributed by atoms with Gasteiger partial charge >= 0.3 is 5.97 Å². The summed E-state index contributed by atoms with van der Waals surface area (Å²) in [6.07, 6.45) is 8.13. The summed E-state index contributed by atoms with van der Waals surface area (Å²) in [5.41, 5.74) is 5.91. The smallest absolute Gasteiger partial charge is 0.306 e. The number of aryl methyl sites for hydroxylation is 1. The van der Waals surface area contributed by atoms with Crippen molar-refractivity contribution in [2.45, 2.75) is 57.6 Å². The Morgan fingerprint density at radius 2 is 1.45 bits per heavy atom. The second-order valence-electron chi connectivity index (χ2n) is 9.39. The first kappa shape index (κ1) is 27.7. The zero-order chi connectivity index (χ0) is 26.4. The Labute approximate surface area is 232 Å². The van der Waals surface area contributed by atoms with Crippen molar-refractivity contribution < 1.29 is 14.3 Å². The van der Waals surface area contributed by atoms with Gasteiger partial charge in [0.2, 0.25) is 5.91 Å². The monoisotopic (exact) mass is 547 g/mol. The lowest BCUT2D eigenvalue weighted by Gasteiger charge is -2.23. The minimum atomic E-state index is -0.201. The number of nitrogens with one attached hydrogen (secondary N) is 1. The van der Waals surface area contributed by atoms with Crippen LogP contribution in [0.3, 0.4) is 0 Å². The maximum atomic E-state index is 12.8. The van der Waals surface area contributed by atoms with E-state index in [1.54, 1.807) is 28.6 Å². The molecular weight excluding hydrogens is 514 g/mol. The van der Waals surface area contributed by atoms with E-state index in [0.717, 1.165) is 35.4 Å². The number of nitrogens with zero attached hydrogens (tertiary/aromatic N) is 2. The van der Waals surface area contributed by atoms with Gasteiger partial charge in [-0.1, -0.05) is 60.7 Å². The predicted molar refractivity (Wildman–Crippen MR) is 152 cm³/mol. The van der Waals surface area contributed by atoms with Gasteiger partial charge in [0, 0.05) is 36.2 Å². The molecule has 2 unspecified atom stereocenters. The number of carbonyl (C=O) groups excluding carboxylic acids is 2. The Morgan fingerprint density at radius 1 is 0.816 bits per heavy atom. The first-order valence-corrected chi connectivity index (χ1v) is 14.7. The highest BCUT2D eigenvalue weighted by Gasteiger charge is 2.20. The Kier molecular flexibility index (Phi) is 11.0. The lowest BCUT2D eigenvalue weighted by molar-refractivity contribution is -0.146. The molecule has 2 aromatic carbocycles. The van der Waals surface area contributed by atoms with E-state index in [-0.39, 0.29) is 30.4 Å². The van der Waals surface area contributed by atoms with Gasteiger partial charge < -0.3 is 10.1 Å². The Morgan fingerprint density at radius 3 is 2.08 bits per heavy atom. The van der Waals surface area contributed by atoms with Crippen LogP contribution in [-0.2, 0) is 40.2 Å². The highest BCUT2D eigenvalue weighted by molar-refractivity contribution is 7.09. The molecule has 4 rings (SSSR count). The molecule has 6 nitrogen and oxygen atoms in total. The van der Waals surface area contributed by atoms with Crippen LogP contribution in [-0.4, -0.2) is 27.9 Å². The maximum absolute atomic E-state index is 12.8. The molecule has 198 valence electrons. The van der Waals surface area contributed by atoms with Crippen LogP contribution < -0.4 is 5.32 Å². The molecule has 38 heavy (non-hydrogen) atoms. The van der Waals surface area contributed by atoms with Gasteiger partial charge in [-0.15, -0.1) is 22.7 Å². The van der Waals surface area contributed by atoms with Gasteiger partial charge in [-0.05, 0) is 49.1 Å². The summed E-state index contributed by atoms with van der Waals surface area (Å²) in [6, 6.07) is 20.5. The fraction of sp³-hybridized carbons (Fsp3) is 0.333. The van der Waals surface area contributed by atoms with Gasteiger partial charge in [0.1, 0.15) is 6.61 Å². The standard InChI is InChI=1S/C30H33N3O3S2/c34-29(14-13-27-18-31-21-37-27)33-26(16-24-9-5-2-6-10-24)12-11-25(15-23-7-3-1-4-8-23)17-30(35)36-20-28-19-32-22-38-28/h1-10,18-19,21-22,25-26H,11-17,20H2,(H,33,34). The number of amides is 1. The number of hydrogen-bond acceptors (Lipinski definition) is 7. The van der Waals surface area contributed by atoms with Gasteiger partial charge in [0.05, 0.1) is 15.9 Å². The topological polar surface area (TPSA) is 81.2 Å². The Balaban J connectivity index is 1.38. The third-order valence-corrected chi connectivity index (χ3v) is 7.97. The quantitative estimate of drug-likeness (QED) is 0.184. The SMILES string of the molecule is O=C(CCc1cncs1)NC(CCC(CC(=O)OCc1cncs1)Cc1ccccc1)Cc1ccccc1. The van der Waals surface area contributed by atoms with E-state index in [1.165, 1.54) is 22.5 Å². The van der Waals surface area contributed by atoms with Crippen molar-refractivity contribution in [1.82, 2.24) is 15.3 Å². The number of hydrogen-bond donors (Lipinski definition) is 1. The maximum Gasteiger partial charge on any atom is 0.306 e. The van der Waals surface area contributed by atoms with Gasteiger partial charge in [-0.3, -0.25) is 19.6 Å². The van der Waals surface area contributed by atoms with Crippen molar-refractivity contribution in [1.29, 1.82) is 0 Å². The molecule has 2 heterocycles. The zero-order valence-corrected chi connectivity index (χ0v) is 23.0. The van der Waals surface area contributed by atoms with Crippen LogP contribution >= 0.6 is 22.7 Å². The van der Waals surface area contributed by atoms with Crippen molar-refractivity contribution in [3.8, 4) is 0 Å². The summed E-state index contributed by atoms with van der Waals surface area (Å²) in [4.78, 5) is 35.8. The molecule has 0 radical (unpaired) electrons. The highest BCUT2D eigenvalue weighted by Crippen LogP contribution is 2.22. The molecule has 0 saturated carbocycles. The third-order valence-electron chi connectivity index (χ3n) is 6.38. The summed E-state index contributed by atoms with van der Waals surface area (Å²) in [5, 5.41) is 3.27. The van der Waals surface area contributed by atoms with Crippen LogP contribution in [0.1, 0.15) is 46.6 Å². The van der Waals surface area contributed by atoms with Crippen molar-refractivity contribution in [3.05, 3.63) is 105 Å². The number of esters is 1. The van der Waals surface area contributed by atoms with Crippen LogP contribution in [0.15, 0.2) is 84.1 Å². The fourth-order valence-electron chi connectivity index (χ4n) is 4.45. The van der Waals surface area contributed by atoms with E-state index in [2.05, 4.69) is 39.6 Å². The van der Waals surface area contributed by atoms with Crippen molar-refractivity contribution in [3.63, 3.8) is 0 Å². The molecule has 1 N–H and O–H groups in total. The Bertz CT molecular complexity index is 1120. The second-order valence-corrected chi connectivity index (χ2v) is 11.3. The molecule has 0 fully saturated rings. The van der Waals surface area contributed by atoms with Gasteiger partial charge in [-0.25, -0.2) is 0 Å². The number of thiazole rings is 2. The molecule has 2 atom stereocenters. The number of ether oxygens (including phenoxy) is 1. The molecule has 8 heteroatoms. The largest absolute Gasteiger partial charge is 0.460 e. The summed E-state index contributed by atoms with van der Waals surface area (Å²) in [5.74, 6) is -0.0471. The van der Waals surface area contributed by atoms with E-state index in [4.69, 9.17) is 4.74 Å². The molecule has 0 aliphatic heterocycles. The average molecular weight is 548 g/mol. The summed E-state index contributed by atoms with van der Waals surface area (Å²) < 4.78 is 5.55. The molecule has 0 aliphatic rings. The zero-order valence-electron chi connectivity index (χ0n) is 21.3. The summed E-state index contributed by atoms with van der Waals surface area (Å²) in [7, 11) is 0. The van der Waals surface area contributed by atoms with E-state index < -0.39 is 0 Å². The van der Waals surface area contributed by atoms with E-state index >= 15 is 0 Å². The van der Waals surface area contributed by atoms with Crippen LogP contribution in [0.2, 0.25) is 0 Å². The molecular formula is C30H33N3O3S2. The van der Waals surface area contributed by atoms with Gasteiger partial charge in [-0.2, -0.15) is 0 Å². The van der Waals surface area contributed by atoms with Crippen molar-refractivity contribution >= 4 is 34.6 Å². The van der Waals surface area contributed by atoms with Gasteiger partial charge in [0.25, 0.3) is 0 Å². The van der Waals surface area contributed by atoms with Crippen LogP contribution in [0, 0.1) is 5.92 Å².